The third-order valence-electron chi connectivity index (χ3n) is 4.14. The molecule has 1 N–H and O–H groups in total. The van der Waals surface area contributed by atoms with Crippen molar-refractivity contribution in [3.05, 3.63) is 59.9 Å². The molecule has 0 unspecified atom stereocenters. The minimum Gasteiger partial charge on any atom is -0.497 e. The van der Waals surface area contributed by atoms with Gasteiger partial charge in [-0.05, 0) is 48.9 Å². The molecular formula is C20H21FN4O2S. The Labute approximate surface area is 167 Å². The predicted molar refractivity (Wildman–Crippen MR) is 107 cm³/mol. The first-order valence-corrected chi connectivity index (χ1v) is 9.57. The molecule has 28 heavy (non-hydrogen) atoms. The van der Waals surface area contributed by atoms with Crippen LogP contribution in [0, 0.1) is 5.82 Å². The summed E-state index contributed by atoms with van der Waals surface area (Å²) in [5.41, 5.74) is 1.62. The molecule has 1 heterocycles. The van der Waals surface area contributed by atoms with Crippen LogP contribution in [0.2, 0.25) is 0 Å². The van der Waals surface area contributed by atoms with Gasteiger partial charge in [0.2, 0.25) is 11.1 Å². The molecule has 146 valence electrons. The Morgan fingerprint density at radius 2 is 2.04 bits per heavy atom. The smallest absolute Gasteiger partial charge is 0.235 e. The molecule has 0 radical (unpaired) electrons. The lowest BCUT2D eigenvalue weighted by Crippen LogP contribution is -2.32. The Kier molecular flexibility index (Phi) is 6.30. The van der Waals surface area contributed by atoms with E-state index in [2.05, 4.69) is 15.2 Å². The Morgan fingerprint density at radius 3 is 2.71 bits per heavy atom. The largest absolute Gasteiger partial charge is 0.497 e. The van der Waals surface area contributed by atoms with Gasteiger partial charge in [-0.25, -0.2) is 9.37 Å². The molecule has 0 aliphatic rings. The number of H-pyrrole nitrogens is 1. The van der Waals surface area contributed by atoms with E-state index in [0.29, 0.717) is 17.5 Å². The summed E-state index contributed by atoms with van der Waals surface area (Å²) in [6.07, 6.45) is 0. The number of carbonyl (C=O) groups excluding carboxylic acids is 1. The van der Waals surface area contributed by atoms with E-state index in [-0.39, 0.29) is 17.0 Å². The highest BCUT2D eigenvalue weighted by atomic mass is 32.2. The van der Waals surface area contributed by atoms with Gasteiger partial charge in [-0.1, -0.05) is 23.9 Å². The summed E-state index contributed by atoms with van der Waals surface area (Å²) in [6, 6.07) is 13.7. The number of ether oxygens (including phenoxy) is 1. The quantitative estimate of drug-likeness (QED) is 0.612. The highest BCUT2D eigenvalue weighted by molar-refractivity contribution is 8.00. The molecule has 1 atom stereocenters. The lowest BCUT2D eigenvalue weighted by Gasteiger charge is -2.20. The summed E-state index contributed by atoms with van der Waals surface area (Å²) in [5.74, 6) is 0.994. The Hall–Kier alpha value is -2.87. The average Bonchev–Trinajstić information content (AvgIpc) is 3.15. The lowest BCUT2D eigenvalue weighted by atomic mass is 10.2. The molecule has 0 bridgehead atoms. The van der Waals surface area contributed by atoms with Gasteiger partial charge < -0.3 is 9.64 Å². The van der Waals surface area contributed by atoms with Crippen molar-refractivity contribution < 1.29 is 13.9 Å². The number of carbonyl (C=O) groups is 1. The molecular weight excluding hydrogens is 379 g/mol. The first-order valence-electron chi connectivity index (χ1n) is 8.69. The fourth-order valence-corrected chi connectivity index (χ4v) is 3.52. The predicted octanol–water partition coefficient (Wildman–Crippen LogP) is 3.76. The normalized spacial score (nSPS) is 11.9. The second kappa shape index (κ2) is 8.88. The van der Waals surface area contributed by atoms with Crippen LogP contribution in [0.5, 0.6) is 5.75 Å². The summed E-state index contributed by atoms with van der Waals surface area (Å²) in [7, 11) is 3.31. The topological polar surface area (TPSA) is 71.1 Å². The summed E-state index contributed by atoms with van der Waals surface area (Å²) in [4.78, 5) is 18.6. The minimum atomic E-state index is -0.377. The average molecular weight is 400 g/mol. The SMILES string of the molecule is COc1ccc(-c2nc(S[C@H](C)C(=O)N(C)Cc3cccc(F)c3)n[nH]2)cc1. The number of hydrogen-bond donors (Lipinski definition) is 1. The van der Waals surface area contributed by atoms with Crippen LogP contribution in [0.3, 0.4) is 0 Å². The van der Waals surface area contributed by atoms with Crippen LogP contribution in [0.4, 0.5) is 4.39 Å². The van der Waals surface area contributed by atoms with Crippen molar-refractivity contribution in [1.82, 2.24) is 20.1 Å². The molecule has 3 aromatic rings. The van der Waals surface area contributed by atoms with Crippen molar-refractivity contribution >= 4 is 17.7 Å². The summed E-state index contributed by atoms with van der Waals surface area (Å²) in [6.45, 7) is 2.14. The zero-order valence-electron chi connectivity index (χ0n) is 15.8. The standard InChI is InChI=1S/C20H21FN4O2S/c1-13(19(26)25(2)12-14-5-4-6-16(21)11-14)28-20-22-18(23-24-20)15-7-9-17(27-3)10-8-15/h4-11,13H,12H2,1-3H3,(H,22,23,24)/t13-/m1/s1. The molecule has 2 aromatic carbocycles. The third-order valence-corrected chi connectivity index (χ3v) is 5.09. The van der Waals surface area contributed by atoms with Crippen LogP contribution < -0.4 is 4.74 Å². The Balaban J connectivity index is 1.61. The molecule has 6 nitrogen and oxygen atoms in total. The van der Waals surface area contributed by atoms with E-state index >= 15 is 0 Å². The number of rotatable bonds is 7. The van der Waals surface area contributed by atoms with Crippen LogP contribution in [-0.4, -0.2) is 45.4 Å². The van der Waals surface area contributed by atoms with Crippen molar-refractivity contribution in [1.29, 1.82) is 0 Å². The monoisotopic (exact) mass is 400 g/mol. The second-order valence-corrected chi connectivity index (χ2v) is 7.59. The molecule has 0 saturated heterocycles. The molecule has 0 saturated carbocycles. The molecule has 0 aliphatic carbocycles. The third kappa shape index (κ3) is 4.89. The first-order chi connectivity index (χ1) is 13.5. The first kappa shape index (κ1) is 19.9. The van der Waals surface area contributed by atoms with Gasteiger partial charge in [-0.2, -0.15) is 0 Å². The molecule has 8 heteroatoms. The summed E-state index contributed by atoms with van der Waals surface area (Å²) >= 11 is 1.27. The van der Waals surface area contributed by atoms with Crippen LogP contribution >= 0.6 is 11.8 Å². The number of methoxy groups -OCH3 is 1. The van der Waals surface area contributed by atoms with E-state index in [1.165, 1.54) is 23.9 Å². The number of thioether (sulfide) groups is 1. The number of amides is 1. The van der Waals surface area contributed by atoms with Crippen LogP contribution in [-0.2, 0) is 11.3 Å². The number of nitrogens with one attached hydrogen (secondary N) is 1. The molecule has 1 aromatic heterocycles. The molecule has 0 aliphatic heterocycles. The van der Waals surface area contributed by atoms with Crippen molar-refractivity contribution in [3.8, 4) is 17.1 Å². The van der Waals surface area contributed by atoms with Crippen LogP contribution in [0.25, 0.3) is 11.4 Å². The van der Waals surface area contributed by atoms with Crippen LogP contribution in [0.15, 0.2) is 53.7 Å². The number of nitrogens with zero attached hydrogens (tertiary/aromatic N) is 3. The number of benzene rings is 2. The number of hydrogen-bond acceptors (Lipinski definition) is 5. The van der Waals surface area contributed by atoms with E-state index in [1.807, 2.05) is 24.3 Å². The van der Waals surface area contributed by atoms with E-state index in [1.54, 1.807) is 38.1 Å². The molecule has 1 amide bonds. The summed E-state index contributed by atoms with van der Waals surface area (Å²) in [5, 5.41) is 7.19. The van der Waals surface area contributed by atoms with Gasteiger partial charge in [-0.3, -0.25) is 9.89 Å². The second-order valence-electron chi connectivity index (χ2n) is 6.28. The van der Waals surface area contributed by atoms with Gasteiger partial charge in [0.05, 0.1) is 12.4 Å². The number of halogens is 1. The maximum absolute atomic E-state index is 13.3. The van der Waals surface area contributed by atoms with E-state index in [9.17, 15) is 9.18 Å². The fourth-order valence-electron chi connectivity index (χ4n) is 2.68. The highest BCUT2D eigenvalue weighted by Gasteiger charge is 2.21. The fraction of sp³-hybridized carbons (Fsp3) is 0.250. The zero-order valence-corrected chi connectivity index (χ0v) is 16.7. The van der Waals surface area contributed by atoms with Crippen molar-refractivity contribution in [3.63, 3.8) is 0 Å². The molecule has 3 rings (SSSR count). The Bertz CT molecular complexity index is 945. The number of aromatic amines is 1. The van der Waals surface area contributed by atoms with Crippen molar-refractivity contribution in [2.45, 2.75) is 23.9 Å². The number of aromatic nitrogens is 3. The van der Waals surface area contributed by atoms with E-state index in [0.717, 1.165) is 16.9 Å². The maximum Gasteiger partial charge on any atom is 0.235 e. The Morgan fingerprint density at radius 1 is 1.29 bits per heavy atom. The van der Waals surface area contributed by atoms with Crippen molar-refractivity contribution in [2.24, 2.45) is 0 Å². The van der Waals surface area contributed by atoms with Gasteiger partial charge >= 0.3 is 0 Å². The molecule has 0 fully saturated rings. The van der Waals surface area contributed by atoms with Gasteiger partial charge in [0, 0.05) is 19.2 Å². The van der Waals surface area contributed by atoms with Crippen LogP contribution in [0.1, 0.15) is 12.5 Å². The minimum absolute atomic E-state index is 0.0786. The van der Waals surface area contributed by atoms with Gasteiger partial charge in [0.15, 0.2) is 5.82 Å². The van der Waals surface area contributed by atoms with Gasteiger partial charge in [0.1, 0.15) is 11.6 Å². The zero-order chi connectivity index (χ0) is 20.1. The van der Waals surface area contributed by atoms with E-state index < -0.39 is 0 Å². The highest BCUT2D eigenvalue weighted by Crippen LogP contribution is 2.25. The maximum atomic E-state index is 13.3. The lowest BCUT2D eigenvalue weighted by molar-refractivity contribution is -0.129. The molecule has 0 spiro atoms. The summed E-state index contributed by atoms with van der Waals surface area (Å²) < 4.78 is 18.5. The van der Waals surface area contributed by atoms with Gasteiger partial charge in [0.25, 0.3) is 0 Å². The van der Waals surface area contributed by atoms with Crippen molar-refractivity contribution in [2.75, 3.05) is 14.2 Å². The van der Waals surface area contributed by atoms with Gasteiger partial charge in [-0.15, -0.1) is 5.10 Å². The van der Waals surface area contributed by atoms with E-state index in [4.69, 9.17) is 4.74 Å².